The molecule has 1 rings (SSSR count). The molecule has 0 saturated carbocycles. The second-order valence-corrected chi connectivity index (χ2v) is 5.72. The minimum absolute atomic E-state index is 0.174. The molecule has 2 N–H and O–H groups in total. The van der Waals surface area contributed by atoms with Crippen molar-refractivity contribution in [2.75, 3.05) is 6.61 Å². The van der Waals surface area contributed by atoms with Gasteiger partial charge in [0.15, 0.2) is 0 Å². The Kier molecular flexibility index (Phi) is 7.64. The van der Waals surface area contributed by atoms with Gasteiger partial charge in [0.25, 0.3) is 0 Å². The topological polar surface area (TPSA) is 49.7 Å². The van der Waals surface area contributed by atoms with Crippen LogP contribution in [0.2, 0.25) is 0 Å². The number of hydrogen-bond donors (Lipinski definition) is 2. The molecule has 0 heterocycles. The van der Waals surface area contributed by atoms with Crippen LogP contribution in [0.3, 0.4) is 0 Å². The van der Waals surface area contributed by atoms with Crippen molar-refractivity contribution in [2.45, 2.75) is 30.6 Å². The van der Waals surface area contributed by atoms with E-state index in [1.54, 1.807) is 6.08 Å². The number of rotatable bonds is 8. The van der Waals surface area contributed by atoms with Crippen LogP contribution in [0.1, 0.15) is 12.0 Å². The van der Waals surface area contributed by atoms with Gasteiger partial charge >= 0.3 is 0 Å². The Bertz CT molecular complexity index is 383. The second kappa shape index (κ2) is 8.72. The van der Waals surface area contributed by atoms with E-state index in [-0.39, 0.29) is 6.61 Å². The van der Waals surface area contributed by atoms with Crippen molar-refractivity contribution in [1.29, 1.82) is 0 Å². The average molecular weight is 350 g/mol. The quantitative estimate of drug-likeness (QED) is 0.560. The highest BCUT2D eigenvalue weighted by molar-refractivity contribution is 9.10. The molecule has 5 heteroatoms. The molecule has 0 saturated heterocycles. The molecular weight excluding hydrogens is 332 g/mol. The first-order chi connectivity index (χ1) is 9.04. The Morgan fingerprint density at radius 1 is 1.32 bits per heavy atom. The van der Waals surface area contributed by atoms with Gasteiger partial charge in [-0.25, -0.2) is 0 Å². The minimum atomic E-state index is -1.02. The van der Waals surface area contributed by atoms with E-state index < -0.39 is 17.6 Å². The first kappa shape index (κ1) is 16.7. The summed E-state index contributed by atoms with van der Waals surface area (Å²) in [5, 5.41) is 18.7. The molecule has 0 aromatic heterocycles. The van der Waals surface area contributed by atoms with Gasteiger partial charge in [-0.3, -0.25) is 0 Å². The van der Waals surface area contributed by atoms with Crippen LogP contribution in [0.4, 0.5) is 0 Å². The zero-order valence-electron chi connectivity index (χ0n) is 10.5. The van der Waals surface area contributed by atoms with Crippen LogP contribution in [-0.2, 0) is 11.3 Å². The van der Waals surface area contributed by atoms with Gasteiger partial charge < -0.3 is 14.9 Å². The van der Waals surface area contributed by atoms with Gasteiger partial charge in [-0.15, -0.1) is 18.2 Å². The standard InChI is InChI=1S/C14H18BrClO3/c1-2-3-13(17)14(18)12(16)9-19-8-10-4-6-11(15)7-5-10/h2,4-7,12-14,17-18H,1,3,8-9H2/t12-,13+,14+/m0/s1. The van der Waals surface area contributed by atoms with E-state index in [9.17, 15) is 10.2 Å². The Labute approximate surface area is 127 Å². The monoisotopic (exact) mass is 348 g/mol. The van der Waals surface area contributed by atoms with Crippen LogP contribution >= 0.6 is 27.5 Å². The summed E-state index contributed by atoms with van der Waals surface area (Å²) in [5.41, 5.74) is 1.02. The summed E-state index contributed by atoms with van der Waals surface area (Å²) in [5.74, 6) is 0. The van der Waals surface area contributed by atoms with Crippen LogP contribution in [0.25, 0.3) is 0 Å². The fourth-order valence-corrected chi connectivity index (χ4v) is 2.04. The lowest BCUT2D eigenvalue weighted by Gasteiger charge is -2.21. The molecule has 0 amide bonds. The fourth-order valence-electron chi connectivity index (χ4n) is 1.52. The Balaban J connectivity index is 2.31. The van der Waals surface area contributed by atoms with Crippen molar-refractivity contribution in [3.63, 3.8) is 0 Å². The maximum Gasteiger partial charge on any atom is 0.0987 e. The Hall–Kier alpha value is -0.390. The molecule has 1 aromatic rings. The van der Waals surface area contributed by atoms with Gasteiger partial charge in [0.2, 0.25) is 0 Å². The molecule has 3 nitrogen and oxygen atoms in total. The molecule has 0 aliphatic rings. The predicted molar refractivity (Wildman–Crippen MR) is 80.3 cm³/mol. The van der Waals surface area contributed by atoms with E-state index in [4.69, 9.17) is 16.3 Å². The number of hydrogen-bond acceptors (Lipinski definition) is 3. The molecule has 3 atom stereocenters. The molecule has 0 radical (unpaired) electrons. The normalized spacial score (nSPS) is 15.8. The van der Waals surface area contributed by atoms with E-state index in [2.05, 4.69) is 22.5 Å². The third-order valence-electron chi connectivity index (χ3n) is 2.63. The first-order valence-electron chi connectivity index (χ1n) is 5.98. The molecule has 0 aliphatic carbocycles. The highest BCUT2D eigenvalue weighted by atomic mass is 79.9. The van der Waals surface area contributed by atoms with Crippen LogP contribution < -0.4 is 0 Å². The first-order valence-corrected chi connectivity index (χ1v) is 7.20. The summed E-state index contributed by atoms with van der Waals surface area (Å²) in [6.07, 6.45) is -0.0852. The van der Waals surface area contributed by atoms with Crippen LogP contribution in [-0.4, -0.2) is 34.4 Å². The largest absolute Gasteiger partial charge is 0.390 e. The third-order valence-corrected chi connectivity index (χ3v) is 3.54. The van der Waals surface area contributed by atoms with Crippen LogP contribution in [0, 0.1) is 0 Å². The van der Waals surface area contributed by atoms with Crippen molar-refractivity contribution in [2.24, 2.45) is 0 Å². The number of alkyl halides is 1. The maximum absolute atomic E-state index is 9.73. The molecule has 0 aliphatic heterocycles. The average Bonchev–Trinajstić information content (AvgIpc) is 2.40. The van der Waals surface area contributed by atoms with Gasteiger partial charge in [-0.1, -0.05) is 34.1 Å². The fraction of sp³-hybridized carbons (Fsp3) is 0.429. The van der Waals surface area contributed by atoms with E-state index in [0.29, 0.717) is 13.0 Å². The molecule has 106 valence electrons. The lowest BCUT2D eigenvalue weighted by atomic mass is 10.1. The van der Waals surface area contributed by atoms with Gasteiger partial charge in [-0.2, -0.15) is 0 Å². The van der Waals surface area contributed by atoms with Gasteiger partial charge in [0.1, 0.15) is 0 Å². The van der Waals surface area contributed by atoms with Crippen molar-refractivity contribution >= 4 is 27.5 Å². The number of benzene rings is 1. The maximum atomic E-state index is 9.73. The number of ether oxygens (including phenoxy) is 1. The Morgan fingerprint density at radius 2 is 1.95 bits per heavy atom. The molecule has 0 bridgehead atoms. The summed E-state index contributed by atoms with van der Waals surface area (Å²) >= 11 is 9.33. The van der Waals surface area contributed by atoms with Crippen LogP contribution in [0.15, 0.2) is 41.4 Å². The summed E-state index contributed by atoms with van der Waals surface area (Å²) in [7, 11) is 0. The number of halogens is 2. The van der Waals surface area contributed by atoms with Crippen LogP contribution in [0.5, 0.6) is 0 Å². The van der Waals surface area contributed by atoms with E-state index in [0.717, 1.165) is 10.0 Å². The van der Waals surface area contributed by atoms with Gasteiger partial charge in [-0.05, 0) is 24.1 Å². The predicted octanol–water partition coefficient (Wildman–Crippen LogP) is 2.87. The zero-order chi connectivity index (χ0) is 14.3. The number of aliphatic hydroxyl groups is 2. The van der Waals surface area contributed by atoms with Crippen molar-refractivity contribution < 1.29 is 14.9 Å². The van der Waals surface area contributed by atoms with Crippen molar-refractivity contribution in [1.82, 2.24) is 0 Å². The summed E-state index contributed by atoms with van der Waals surface area (Å²) < 4.78 is 6.44. The molecule has 1 aromatic carbocycles. The molecule has 19 heavy (non-hydrogen) atoms. The molecule has 0 unspecified atom stereocenters. The molecular formula is C14H18BrClO3. The van der Waals surface area contributed by atoms with Crippen molar-refractivity contribution in [3.8, 4) is 0 Å². The zero-order valence-corrected chi connectivity index (χ0v) is 12.8. The lowest BCUT2D eigenvalue weighted by Crippen LogP contribution is -2.36. The van der Waals surface area contributed by atoms with Crippen molar-refractivity contribution in [3.05, 3.63) is 47.0 Å². The van der Waals surface area contributed by atoms with E-state index >= 15 is 0 Å². The van der Waals surface area contributed by atoms with E-state index in [1.807, 2.05) is 24.3 Å². The second-order valence-electron chi connectivity index (χ2n) is 4.24. The highest BCUT2D eigenvalue weighted by Gasteiger charge is 2.23. The lowest BCUT2D eigenvalue weighted by molar-refractivity contribution is -0.00167. The molecule has 0 spiro atoms. The number of aliphatic hydroxyl groups excluding tert-OH is 2. The Morgan fingerprint density at radius 3 is 2.53 bits per heavy atom. The molecule has 0 fully saturated rings. The minimum Gasteiger partial charge on any atom is -0.390 e. The van der Waals surface area contributed by atoms with E-state index in [1.165, 1.54) is 0 Å². The SMILES string of the molecule is C=CC[C@@H](O)[C@H](O)[C@@H](Cl)COCc1ccc(Br)cc1. The summed E-state index contributed by atoms with van der Waals surface area (Å²) in [6, 6.07) is 7.74. The summed E-state index contributed by atoms with van der Waals surface area (Å²) in [4.78, 5) is 0. The highest BCUT2D eigenvalue weighted by Crippen LogP contribution is 2.14. The van der Waals surface area contributed by atoms with Gasteiger partial charge in [0, 0.05) is 4.47 Å². The summed E-state index contributed by atoms with van der Waals surface area (Å²) in [6.45, 7) is 4.09. The third kappa shape index (κ3) is 6.06. The van der Waals surface area contributed by atoms with Gasteiger partial charge in [0.05, 0.1) is 30.8 Å². The smallest absolute Gasteiger partial charge is 0.0987 e.